The standard InChI is InChI=1S/C10H19N3O.ClH/c1-12-6-3-7-13(10(12)14)9-4-2-5-11-8-9;/h9,11H,2-8H2,1H3;1H/t9-;/m1./s1. The molecule has 2 aliphatic rings. The summed E-state index contributed by atoms with van der Waals surface area (Å²) in [5.41, 5.74) is 0. The molecule has 0 unspecified atom stereocenters. The molecule has 0 aliphatic carbocycles. The van der Waals surface area contributed by atoms with Crippen LogP contribution in [0.1, 0.15) is 19.3 Å². The Labute approximate surface area is 97.4 Å². The van der Waals surface area contributed by atoms with Crippen molar-refractivity contribution >= 4 is 18.4 Å². The molecule has 2 fully saturated rings. The fourth-order valence-electron chi connectivity index (χ4n) is 2.33. The van der Waals surface area contributed by atoms with Crippen LogP contribution >= 0.6 is 12.4 Å². The number of amides is 2. The second kappa shape index (κ2) is 5.56. The van der Waals surface area contributed by atoms with Crippen LogP contribution in [0.25, 0.3) is 0 Å². The number of halogens is 1. The molecule has 0 aromatic heterocycles. The molecule has 15 heavy (non-hydrogen) atoms. The average Bonchev–Trinajstić information content (AvgIpc) is 2.23. The van der Waals surface area contributed by atoms with Crippen molar-refractivity contribution in [2.45, 2.75) is 25.3 Å². The predicted octanol–water partition coefficient (Wildman–Crippen LogP) is 0.918. The molecule has 2 amide bonds. The van der Waals surface area contributed by atoms with Gasteiger partial charge in [0.2, 0.25) is 0 Å². The molecule has 1 atom stereocenters. The Balaban J connectivity index is 0.00000112. The molecule has 0 aromatic rings. The van der Waals surface area contributed by atoms with Crippen LogP contribution in [0.3, 0.4) is 0 Å². The highest BCUT2D eigenvalue weighted by atomic mass is 35.5. The van der Waals surface area contributed by atoms with Gasteiger partial charge in [-0.05, 0) is 25.8 Å². The van der Waals surface area contributed by atoms with Crippen LogP contribution in [0.15, 0.2) is 0 Å². The van der Waals surface area contributed by atoms with E-state index in [-0.39, 0.29) is 18.4 Å². The minimum absolute atomic E-state index is 0. The predicted molar refractivity (Wildman–Crippen MR) is 62.5 cm³/mol. The summed E-state index contributed by atoms with van der Waals surface area (Å²) in [6.45, 7) is 3.93. The number of carbonyl (C=O) groups is 1. The molecular formula is C10H20ClN3O. The molecule has 0 bridgehead atoms. The van der Waals surface area contributed by atoms with Crippen LogP contribution in [0.5, 0.6) is 0 Å². The minimum atomic E-state index is 0. The number of hydrogen-bond acceptors (Lipinski definition) is 2. The SMILES string of the molecule is CN1CCCN([C@@H]2CCCNC2)C1=O.Cl. The van der Waals surface area contributed by atoms with Gasteiger partial charge in [-0.2, -0.15) is 0 Å². The second-order valence-corrected chi connectivity index (χ2v) is 4.25. The second-order valence-electron chi connectivity index (χ2n) is 4.25. The zero-order chi connectivity index (χ0) is 9.97. The van der Waals surface area contributed by atoms with Crippen molar-refractivity contribution in [2.75, 3.05) is 33.2 Å². The third-order valence-electron chi connectivity index (χ3n) is 3.18. The van der Waals surface area contributed by atoms with Crippen LogP contribution in [0.2, 0.25) is 0 Å². The van der Waals surface area contributed by atoms with Gasteiger partial charge in [0.05, 0.1) is 0 Å². The van der Waals surface area contributed by atoms with E-state index in [2.05, 4.69) is 5.32 Å². The number of urea groups is 1. The monoisotopic (exact) mass is 233 g/mol. The largest absolute Gasteiger partial charge is 0.328 e. The van der Waals surface area contributed by atoms with Gasteiger partial charge in [0.1, 0.15) is 0 Å². The molecule has 0 radical (unpaired) electrons. The zero-order valence-electron chi connectivity index (χ0n) is 9.24. The van der Waals surface area contributed by atoms with Gasteiger partial charge in [-0.25, -0.2) is 4.79 Å². The summed E-state index contributed by atoms with van der Waals surface area (Å²) in [6, 6.07) is 0.643. The number of piperidine rings is 1. The smallest absolute Gasteiger partial charge is 0.320 e. The van der Waals surface area contributed by atoms with Crippen LogP contribution in [0.4, 0.5) is 4.79 Å². The van der Waals surface area contributed by atoms with Gasteiger partial charge in [-0.3, -0.25) is 0 Å². The first-order chi connectivity index (χ1) is 6.79. The molecule has 2 heterocycles. The molecule has 2 aliphatic heterocycles. The van der Waals surface area contributed by atoms with Crippen LogP contribution in [-0.2, 0) is 0 Å². The third kappa shape index (κ3) is 2.75. The molecule has 88 valence electrons. The Kier molecular flexibility index (Phi) is 4.67. The number of carbonyl (C=O) groups excluding carboxylic acids is 1. The highest BCUT2D eigenvalue weighted by Gasteiger charge is 2.29. The fourth-order valence-corrected chi connectivity index (χ4v) is 2.33. The van der Waals surface area contributed by atoms with E-state index in [4.69, 9.17) is 0 Å². The number of rotatable bonds is 1. The van der Waals surface area contributed by atoms with Crippen molar-refractivity contribution in [3.8, 4) is 0 Å². The molecule has 0 aromatic carbocycles. The zero-order valence-corrected chi connectivity index (χ0v) is 10.1. The number of hydrogen-bond donors (Lipinski definition) is 1. The lowest BCUT2D eigenvalue weighted by atomic mass is 10.1. The average molecular weight is 234 g/mol. The van der Waals surface area contributed by atoms with Crippen LogP contribution in [0, 0.1) is 0 Å². The number of nitrogens with one attached hydrogen (secondary N) is 1. The summed E-state index contributed by atoms with van der Waals surface area (Å²) >= 11 is 0. The van der Waals surface area contributed by atoms with Gasteiger partial charge in [0.25, 0.3) is 0 Å². The first kappa shape index (κ1) is 12.6. The summed E-state index contributed by atoms with van der Waals surface area (Å²) in [4.78, 5) is 15.7. The summed E-state index contributed by atoms with van der Waals surface area (Å²) in [7, 11) is 1.89. The molecule has 5 heteroatoms. The fraction of sp³-hybridized carbons (Fsp3) is 0.900. The van der Waals surface area contributed by atoms with Gasteiger partial charge in [-0.1, -0.05) is 0 Å². The van der Waals surface area contributed by atoms with Crippen LogP contribution < -0.4 is 5.32 Å². The highest BCUT2D eigenvalue weighted by molar-refractivity contribution is 5.85. The van der Waals surface area contributed by atoms with Crippen molar-refractivity contribution in [3.05, 3.63) is 0 Å². The van der Waals surface area contributed by atoms with E-state index in [1.54, 1.807) is 0 Å². The lowest BCUT2D eigenvalue weighted by Gasteiger charge is -2.40. The molecular weight excluding hydrogens is 214 g/mol. The Hall–Kier alpha value is -0.480. The van der Waals surface area contributed by atoms with E-state index in [0.29, 0.717) is 6.04 Å². The summed E-state index contributed by atoms with van der Waals surface area (Å²) in [5, 5.41) is 3.36. The lowest BCUT2D eigenvalue weighted by Crippen LogP contribution is -2.55. The van der Waals surface area contributed by atoms with Crippen molar-refractivity contribution < 1.29 is 4.79 Å². The first-order valence-electron chi connectivity index (χ1n) is 5.51. The molecule has 0 saturated carbocycles. The Bertz CT molecular complexity index is 219. The third-order valence-corrected chi connectivity index (χ3v) is 3.18. The highest BCUT2D eigenvalue weighted by Crippen LogP contribution is 2.16. The minimum Gasteiger partial charge on any atom is -0.328 e. The topological polar surface area (TPSA) is 35.6 Å². The normalized spacial score (nSPS) is 27.5. The van der Waals surface area contributed by atoms with Crippen molar-refractivity contribution in [1.82, 2.24) is 15.1 Å². The van der Waals surface area contributed by atoms with Crippen molar-refractivity contribution in [1.29, 1.82) is 0 Å². The lowest BCUT2D eigenvalue weighted by molar-refractivity contribution is 0.109. The van der Waals surface area contributed by atoms with Gasteiger partial charge in [-0.15, -0.1) is 12.4 Å². The maximum Gasteiger partial charge on any atom is 0.320 e. The summed E-state index contributed by atoms with van der Waals surface area (Å²) < 4.78 is 0. The first-order valence-corrected chi connectivity index (χ1v) is 5.51. The molecule has 2 saturated heterocycles. The van der Waals surface area contributed by atoms with E-state index in [1.165, 1.54) is 6.42 Å². The summed E-state index contributed by atoms with van der Waals surface area (Å²) in [6.07, 6.45) is 3.46. The summed E-state index contributed by atoms with van der Waals surface area (Å²) in [5.74, 6) is 0. The maximum absolute atomic E-state index is 11.8. The van der Waals surface area contributed by atoms with E-state index < -0.39 is 0 Å². The number of nitrogens with zero attached hydrogens (tertiary/aromatic N) is 2. The van der Waals surface area contributed by atoms with E-state index in [0.717, 1.165) is 39.0 Å². The van der Waals surface area contributed by atoms with Gasteiger partial charge in [0.15, 0.2) is 0 Å². The van der Waals surface area contributed by atoms with Gasteiger partial charge < -0.3 is 15.1 Å². The van der Waals surface area contributed by atoms with Gasteiger partial charge in [0, 0.05) is 32.7 Å². The molecule has 1 N–H and O–H groups in total. The van der Waals surface area contributed by atoms with Crippen LogP contribution in [-0.4, -0.2) is 55.1 Å². The van der Waals surface area contributed by atoms with E-state index >= 15 is 0 Å². The quantitative estimate of drug-likeness (QED) is 0.731. The van der Waals surface area contributed by atoms with Crippen molar-refractivity contribution in [2.24, 2.45) is 0 Å². The Morgan fingerprint density at radius 1 is 1.33 bits per heavy atom. The van der Waals surface area contributed by atoms with Gasteiger partial charge >= 0.3 is 6.03 Å². The molecule has 0 spiro atoms. The molecule has 2 rings (SSSR count). The Morgan fingerprint density at radius 3 is 2.80 bits per heavy atom. The van der Waals surface area contributed by atoms with E-state index in [9.17, 15) is 4.79 Å². The van der Waals surface area contributed by atoms with Crippen molar-refractivity contribution in [3.63, 3.8) is 0 Å². The molecule has 4 nitrogen and oxygen atoms in total. The van der Waals surface area contributed by atoms with E-state index in [1.807, 2.05) is 16.8 Å². The Morgan fingerprint density at radius 2 is 2.13 bits per heavy atom. The maximum atomic E-state index is 11.8.